The summed E-state index contributed by atoms with van der Waals surface area (Å²) in [5, 5.41) is 13.6. The van der Waals surface area contributed by atoms with E-state index in [1.807, 2.05) is 12.2 Å². The molecule has 53 heavy (non-hydrogen) atoms. The molecule has 2 N–H and O–H groups in total. The molecule has 6 unspecified atom stereocenters. The molecule has 3 fully saturated rings. The van der Waals surface area contributed by atoms with Gasteiger partial charge in [-0.2, -0.15) is 0 Å². The molecular weight excluding hydrogens is 699 g/mol. The smallest absolute Gasteiger partial charge is 0.407 e. The number of hydrogen-bond acceptors (Lipinski definition) is 10. The van der Waals surface area contributed by atoms with Crippen LogP contribution in [0, 0.1) is 11.8 Å². The van der Waals surface area contributed by atoms with E-state index in [9.17, 15) is 18.3 Å². The first-order valence-electron chi connectivity index (χ1n) is 18.7. The number of ether oxygens (including phenoxy) is 6. The molecule has 296 valence electrons. The minimum atomic E-state index is -3.72. The summed E-state index contributed by atoms with van der Waals surface area (Å²) in [6.07, 6.45) is 5.34. The van der Waals surface area contributed by atoms with Crippen LogP contribution in [0.3, 0.4) is 0 Å². The van der Waals surface area contributed by atoms with Gasteiger partial charge in [-0.15, -0.1) is 6.58 Å². The molecule has 12 heteroatoms. The molecule has 11 nitrogen and oxygen atoms in total. The molecule has 0 bridgehead atoms. The van der Waals surface area contributed by atoms with Crippen molar-refractivity contribution in [2.75, 3.05) is 32.6 Å². The molecular formula is C41H61NO10S. The summed E-state index contributed by atoms with van der Waals surface area (Å²) >= 11 is 0. The number of amides is 1. The number of aliphatic hydroxyl groups excluding tert-OH is 1. The third-order valence-electron chi connectivity index (χ3n) is 10.1. The summed E-state index contributed by atoms with van der Waals surface area (Å²) in [5.74, 6) is -0.589. The van der Waals surface area contributed by atoms with Gasteiger partial charge in [0.25, 0.3) is 0 Å². The maximum atomic E-state index is 13.7. The number of benzene rings is 1. The average molecular weight is 760 g/mol. The third kappa shape index (κ3) is 12.9. The number of carbonyl (C=O) groups is 1. The van der Waals surface area contributed by atoms with Crippen LogP contribution in [-0.4, -0.2) is 107 Å². The molecule has 0 spiro atoms. The zero-order valence-electron chi connectivity index (χ0n) is 32.1. The first-order chi connectivity index (χ1) is 25.1. The Morgan fingerprint density at radius 3 is 2.49 bits per heavy atom. The standard InChI is InChI=1S/C41H61NO10S/c1-9-19-48-20-13-14-31-22-28(3)35(49-31)18-17-32-21-27(2)29(4)36(50-32)24-37-34(26-53(45,46)33-15-11-10-12-16-33)39(47-8)38(51-37)23-30(43)25-42-40(44)52-41(5,6)7/h9-16,27,30-32,34-39,43H,1,3-4,17-26H2,2,5-8H3,(H,42,44)/b14-13+/t27-,30+,31+,32?,34?,35?,36?,37?,38?,39-/m1/s1. The molecule has 0 radical (unpaired) electrons. The largest absolute Gasteiger partial charge is 0.444 e. The fraction of sp³-hybridized carbons (Fsp3) is 0.634. The number of sulfone groups is 1. The van der Waals surface area contributed by atoms with Crippen LogP contribution in [-0.2, 0) is 38.3 Å². The van der Waals surface area contributed by atoms with Crippen molar-refractivity contribution in [1.29, 1.82) is 0 Å². The Morgan fingerprint density at radius 2 is 1.81 bits per heavy atom. The molecule has 3 saturated heterocycles. The zero-order chi connectivity index (χ0) is 38.8. The van der Waals surface area contributed by atoms with E-state index >= 15 is 0 Å². The Bertz CT molecular complexity index is 1510. The summed E-state index contributed by atoms with van der Waals surface area (Å²) in [7, 11) is -2.19. The number of hydrogen-bond donors (Lipinski definition) is 2. The van der Waals surface area contributed by atoms with Gasteiger partial charge in [-0.3, -0.25) is 0 Å². The lowest BCUT2D eigenvalue weighted by atomic mass is 9.83. The van der Waals surface area contributed by atoms with Crippen molar-refractivity contribution in [3.63, 3.8) is 0 Å². The molecule has 0 aromatic heterocycles. The third-order valence-corrected chi connectivity index (χ3v) is 11.9. The molecule has 3 aliphatic heterocycles. The van der Waals surface area contributed by atoms with E-state index in [1.54, 1.807) is 57.2 Å². The second kappa shape index (κ2) is 19.7. The van der Waals surface area contributed by atoms with Gasteiger partial charge < -0.3 is 38.8 Å². The Balaban J connectivity index is 1.43. The number of methoxy groups -OCH3 is 1. The molecule has 1 aromatic rings. The van der Waals surface area contributed by atoms with E-state index in [0.717, 1.165) is 36.8 Å². The van der Waals surface area contributed by atoms with Gasteiger partial charge in [0.1, 0.15) is 5.60 Å². The van der Waals surface area contributed by atoms with Crippen LogP contribution < -0.4 is 5.32 Å². The van der Waals surface area contributed by atoms with Crippen molar-refractivity contribution in [3.05, 3.63) is 79.4 Å². The van der Waals surface area contributed by atoms with Crippen molar-refractivity contribution in [2.45, 2.75) is 126 Å². The maximum Gasteiger partial charge on any atom is 0.407 e. The van der Waals surface area contributed by atoms with Crippen LogP contribution in [0.15, 0.2) is 84.3 Å². The van der Waals surface area contributed by atoms with Gasteiger partial charge in [-0.1, -0.05) is 56.5 Å². The highest BCUT2D eigenvalue weighted by Gasteiger charge is 2.49. The number of rotatable bonds is 18. The molecule has 3 heterocycles. The van der Waals surface area contributed by atoms with Gasteiger partial charge in [-0.05, 0) is 69.2 Å². The van der Waals surface area contributed by atoms with Gasteiger partial charge in [-0.25, -0.2) is 13.2 Å². The molecule has 0 saturated carbocycles. The predicted molar refractivity (Wildman–Crippen MR) is 204 cm³/mol. The van der Waals surface area contributed by atoms with Crippen molar-refractivity contribution >= 4 is 15.9 Å². The zero-order valence-corrected chi connectivity index (χ0v) is 32.9. The first-order valence-corrected chi connectivity index (χ1v) is 20.4. The van der Waals surface area contributed by atoms with Gasteiger partial charge in [0.2, 0.25) is 0 Å². The molecule has 0 aliphatic carbocycles. The summed E-state index contributed by atoms with van der Waals surface area (Å²) in [5.41, 5.74) is 1.33. The number of carbonyl (C=O) groups excluding carboxylic acids is 1. The minimum absolute atomic E-state index is 0.0320. The summed E-state index contributed by atoms with van der Waals surface area (Å²) in [6.45, 7) is 20.7. The van der Waals surface area contributed by atoms with E-state index in [4.69, 9.17) is 28.4 Å². The van der Waals surface area contributed by atoms with Crippen molar-refractivity contribution < 1.29 is 46.7 Å². The second-order valence-electron chi connectivity index (χ2n) is 15.5. The summed E-state index contributed by atoms with van der Waals surface area (Å²) in [4.78, 5) is 12.5. The number of nitrogens with one attached hydrogen (secondary N) is 1. The van der Waals surface area contributed by atoms with Crippen LogP contribution in [0.2, 0.25) is 0 Å². The fourth-order valence-electron chi connectivity index (χ4n) is 7.42. The normalized spacial score (nSPS) is 30.1. The highest BCUT2D eigenvalue weighted by molar-refractivity contribution is 7.91. The first kappa shape index (κ1) is 42.9. The van der Waals surface area contributed by atoms with Crippen LogP contribution in [0.1, 0.15) is 66.2 Å². The molecule has 3 aliphatic rings. The van der Waals surface area contributed by atoms with E-state index in [1.165, 1.54) is 7.11 Å². The maximum absolute atomic E-state index is 13.7. The van der Waals surface area contributed by atoms with E-state index in [-0.39, 0.29) is 53.9 Å². The monoisotopic (exact) mass is 759 g/mol. The Labute approximate surface area is 316 Å². The highest BCUT2D eigenvalue weighted by atomic mass is 32.2. The SMILES string of the molecule is C=CCOC/C=C/[C@H]1CC(=C)C(CCC2C[C@@H](C)C(=C)C(CC3OC(C[C@H](O)CNC(=O)OC(C)(C)C)[C@H](OC)C3CS(=O)(=O)c3ccccc3)O2)O1. The topological polar surface area (TPSA) is 139 Å². The predicted octanol–water partition coefficient (Wildman–Crippen LogP) is 6.13. The lowest BCUT2D eigenvalue weighted by Crippen LogP contribution is -2.41. The molecule has 10 atom stereocenters. The minimum Gasteiger partial charge on any atom is -0.444 e. The fourth-order valence-corrected chi connectivity index (χ4v) is 9.10. The quantitative estimate of drug-likeness (QED) is 0.133. The van der Waals surface area contributed by atoms with Gasteiger partial charge in [0, 0.05) is 38.8 Å². The average Bonchev–Trinajstić information content (AvgIpc) is 3.61. The van der Waals surface area contributed by atoms with Crippen molar-refractivity contribution in [1.82, 2.24) is 5.32 Å². The van der Waals surface area contributed by atoms with E-state index < -0.39 is 51.9 Å². The van der Waals surface area contributed by atoms with Gasteiger partial charge >= 0.3 is 6.09 Å². The Hall–Kier alpha value is -2.84. The van der Waals surface area contributed by atoms with Crippen LogP contribution >= 0.6 is 0 Å². The molecule has 4 rings (SSSR count). The Morgan fingerprint density at radius 1 is 1.08 bits per heavy atom. The van der Waals surface area contributed by atoms with Gasteiger partial charge in [0.15, 0.2) is 9.84 Å². The van der Waals surface area contributed by atoms with Crippen molar-refractivity contribution in [2.24, 2.45) is 11.8 Å². The molecule has 1 amide bonds. The Kier molecular flexibility index (Phi) is 15.9. The van der Waals surface area contributed by atoms with Crippen LogP contribution in [0.25, 0.3) is 0 Å². The lowest BCUT2D eigenvalue weighted by Gasteiger charge is -2.38. The second-order valence-corrected chi connectivity index (χ2v) is 17.5. The van der Waals surface area contributed by atoms with Gasteiger partial charge in [0.05, 0.1) is 72.7 Å². The summed E-state index contributed by atoms with van der Waals surface area (Å²) < 4.78 is 63.7. The van der Waals surface area contributed by atoms with E-state index in [0.29, 0.717) is 19.6 Å². The van der Waals surface area contributed by atoms with E-state index in [2.05, 4.69) is 32.0 Å². The van der Waals surface area contributed by atoms with Crippen LogP contribution in [0.5, 0.6) is 0 Å². The highest BCUT2D eigenvalue weighted by Crippen LogP contribution is 2.41. The van der Waals surface area contributed by atoms with Crippen molar-refractivity contribution in [3.8, 4) is 0 Å². The number of aliphatic hydroxyl groups is 1. The summed E-state index contributed by atoms with van der Waals surface area (Å²) in [6, 6.07) is 8.35. The van der Waals surface area contributed by atoms with Crippen LogP contribution in [0.4, 0.5) is 4.79 Å². The lowest BCUT2D eigenvalue weighted by molar-refractivity contribution is -0.0769. The number of alkyl carbamates (subject to hydrolysis) is 1. The molecule has 1 aromatic carbocycles.